The number of ether oxygens (including phenoxy) is 1. The smallest absolute Gasteiger partial charge is 0.416 e. The summed E-state index contributed by atoms with van der Waals surface area (Å²) in [5, 5.41) is 9.46. The van der Waals surface area contributed by atoms with E-state index in [9.17, 15) is 28.0 Å². The zero-order chi connectivity index (χ0) is 21.4. The van der Waals surface area contributed by atoms with Gasteiger partial charge >= 0.3 is 6.18 Å². The van der Waals surface area contributed by atoms with Gasteiger partial charge in [-0.3, -0.25) is 9.59 Å². The summed E-state index contributed by atoms with van der Waals surface area (Å²) >= 11 is 0. The molecule has 9 heteroatoms. The largest absolute Gasteiger partial charge is 0.457 e. The molecule has 0 aliphatic carbocycles. The molecule has 6 nitrogen and oxygen atoms in total. The Kier molecular flexibility index (Phi) is 4.96. The predicted molar refractivity (Wildman–Crippen MR) is 95.6 cm³/mol. The van der Waals surface area contributed by atoms with Crippen molar-refractivity contribution in [1.82, 2.24) is 4.90 Å². The lowest BCUT2D eigenvalue weighted by atomic mass is 9.83. The van der Waals surface area contributed by atoms with Gasteiger partial charge in [-0.25, -0.2) is 0 Å². The minimum atomic E-state index is -4.46. The molecular formula is C20H16F3N3O3. The van der Waals surface area contributed by atoms with Crippen molar-refractivity contribution in [2.24, 2.45) is 5.73 Å². The Balaban J connectivity index is 2.01. The molecule has 1 heterocycles. The van der Waals surface area contributed by atoms with Gasteiger partial charge in [0.2, 0.25) is 11.8 Å². The maximum absolute atomic E-state index is 12.7. The highest BCUT2D eigenvalue weighted by atomic mass is 19.4. The molecule has 2 aromatic carbocycles. The van der Waals surface area contributed by atoms with Crippen molar-refractivity contribution in [3.63, 3.8) is 0 Å². The van der Waals surface area contributed by atoms with Gasteiger partial charge in [0.05, 0.1) is 17.2 Å². The van der Waals surface area contributed by atoms with E-state index < -0.39 is 23.2 Å². The maximum Gasteiger partial charge on any atom is 0.416 e. The van der Waals surface area contributed by atoms with E-state index in [-0.39, 0.29) is 41.4 Å². The van der Waals surface area contributed by atoms with Gasteiger partial charge in [0.1, 0.15) is 17.0 Å². The molecule has 0 saturated carbocycles. The first-order valence-electron chi connectivity index (χ1n) is 8.56. The molecule has 0 aromatic heterocycles. The molecule has 0 bridgehead atoms. The number of amides is 2. The lowest BCUT2D eigenvalue weighted by molar-refractivity contribution is -0.138. The number of likely N-dealkylation sites (tertiary alicyclic amines) is 1. The number of nitriles is 1. The number of hydrogen-bond acceptors (Lipinski definition) is 4. The van der Waals surface area contributed by atoms with Crippen LogP contribution in [0.1, 0.15) is 29.5 Å². The second-order valence-corrected chi connectivity index (χ2v) is 6.62. The summed E-state index contributed by atoms with van der Waals surface area (Å²) in [6.45, 7) is 0. The van der Waals surface area contributed by atoms with Crippen LogP contribution in [0.4, 0.5) is 13.2 Å². The molecule has 1 fully saturated rings. The van der Waals surface area contributed by atoms with Crippen LogP contribution in [-0.2, 0) is 21.3 Å². The highest BCUT2D eigenvalue weighted by Crippen LogP contribution is 2.41. The van der Waals surface area contributed by atoms with Gasteiger partial charge in [0.15, 0.2) is 0 Å². The molecule has 29 heavy (non-hydrogen) atoms. The van der Waals surface area contributed by atoms with Crippen molar-refractivity contribution in [1.29, 1.82) is 5.26 Å². The van der Waals surface area contributed by atoms with Crippen LogP contribution in [0.3, 0.4) is 0 Å². The van der Waals surface area contributed by atoms with Crippen molar-refractivity contribution in [3.8, 4) is 17.6 Å². The number of alkyl halides is 3. The molecule has 3 rings (SSSR count). The summed E-state index contributed by atoms with van der Waals surface area (Å²) in [4.78, 5) is 25.6. The van der Waals surface area contributed by atoms with Crippen LogP contribution in [0.2, 0.25) is 0 Å². The lowest BCUT2D eigenvalue weighted by Gasteiger charge is -2.34. The van der Waals surface area contributed by atoms with E-state index in [0.29, 0.717) is 0 Å². The Labute approximate surface area is 164 Å². The second kappa shape index (κ2) is 7.13. The van der Waals surface area contributed by atoms with Gasteiger partial charge in [-0.05, 0) is 48.9 Å². The Morgan fingerprint density at radius 2 is 1.83 bits per heavy atom. The molecule has 150 valence electrons. The van der Waals surface area contributed by atoms with Crippen molar-refractivity contribution in [2.75, 3.05) is 7.05 Å². The number of halogens is 3. The summed E-state index contributed by atoms with van der Waals surface area (Å²) < 4.78 is 43.7. The minimum Gasteiger partial charge on any atom is -0.457 e. The monoisotopic (exact) mass is 403 g/mol. The first-order chi connectivity index (χ1) is 13.6. The van der Waals surface area contributed by atoms with Gasteiger partial charge in [-0.1, -0.05) is 0 Å². The molecular weight excluding hydrogens is 387 g/mol. The van der Waals surface area contributed by atoms with E-state index in [1.165, 1.54) is 30.1 Å². The Morgan fingerprint density at radius 1 is 1.21 bits per heavy atom. The molecule has 2 N–H and O–H groups in total. The molecule has 2 amide bonds. The minimum absolute atomic E-state index is 0.0916. The standard InChI is InChI=1S/C20H16F3N3O3/c1-26-17(27)8-9-19(26,18(25)28)16-10-15(5-2-12(16)11-24)29-14-6-3-13(4-7-14)20(21,22)23/h2-7,10H,8-9H2,1H3,(H2,25,28). The summed E-state index contributed by atoms with van der Waals surface area (Å²) in [5.74, 6) is -0.749. The fourth-order valence-corrected chi connectivity index (χ4v) is 3.45. The maximum atomic E-state index is 12.7. The second-order valence-electron chi connectivity index (χ2n) is 6.62. The molecule has 0 spiro atoms. The molecule has 1 saturated heterocycles. The third-order valence-electron chi connectivity index (χ3n) is 5.03. The van der Waals surface area contributed by atoms with Crippen molar-refractivity contribution >= 4 is 11.8 Å². The van der Waals surface area contributed by atoms with Crippen LogP contribution in [0.5, 0.6) is 11.5 Å². The van der Waals surface area contributed by atoms with Crippen LogP contribution >= 0.6 is 0 Å². The van der Waals surface area contributed by atoms with E-state index in [1.54, 1.807) is 0 Å². The normalized spacial score (nSPS) is 19.1. The lowest BCUT2D eigenvalue weighted by Crippen LogP contribution is -2.51. The molecule has 1 unspecified atom stereocenters. The van der Waals surface area contributed by atoms with Crippen LogP contribution in [-0.4, -0.2) is 23.8 Å². The van der Waals surface area contributed by atoms with Crippen molar-refractivity contribution in [2.45, 2.75) is 24.6 Å². The van der Waals surface area contributed by atoms with Crippen molar-refractivity contribution in [3.05, 3.63) is 59.2 Å². The third kappa shape index (κ3) is 3.49. The first-order valence-corrected chi connectivity index (χ1v) is 8.56. The molecule has 1 aliphatic heterocycles. The van der Waals surface area contributed by atoms with E-state index in [4.69, 9.17) is 10.5 Å². The first kappa shape index (κ1) is 20.2. The van der Waals surface area contributed by atoms with Crippen LogP contribution in [0.15, 0.2) is 42.5 Å². The number of hydrogen-bond donors (Lipinski definition) is 1. The Hall–Kier alpha value is -3.54. The fourth-order valence-electron chi connectivity index (χ4n) is 3.45. The Morgan fingerprint density at radius 3 is 2.31 bits per heavy atom. The zero-order valence-corrected chi connectivity index (χ0v) is 15.3. The average Bonchev–Trinajstić information content (AvgIpc) is 2.97. The van der Waals surface area contributed by atoms with Gasteiger partial charge in [0.25, 0.3) is 0 Å². The summed E-state index contributed by atoms with van der Waals surface area (Å²) in [5.41, 5.74) is 3.65. The topological polar surface area (TPSA) is 96.4 Å². The number of benzene rings is 2. The van der Waals surface area contributed by atoms with Gasteiger partial charge < -0.3 is 15.4 Å². The molecule has 0 radical (unpaired) electrons. The van der Waals surface area contributed by atoms with E-state index >= 15 is 0 Å². The molecule has 1 aliphatic rings. The van der Waals surface area contributed by atoms with Crippen LogP contribution in [0.25, 0.3) is 0 Å². The number of rotatable bonds is 4. The van der Waals surface area contributed by atoms with E-state index in [1.807, 2.05) is 6.07 Å². The quantitative estimate of drug-likeness (QED) is 0.847. The summed E-state index contributed by atoms with van der Waals surface area (Å²) in [6.07, 6.45) is -4.27. The highest BCUT2D eigenvalue weighted by Gasteiger charge is 2.50. The number of primary amides is 1. The Bertz CT molecular complexity index is 1010. The fraction of sp³-hybridized carbons (Fsp3) is 0.250. The van der Waals surface area contributed by atoms with Gasteiger partial charge in [0, 0.05) is 19.0 Å². The SMILES string of the molecule is CN1C(=O)CCC1(C(N)=O)c1cc(Oc2ccc(C(F)(F)F)cc2)ccc1C#N. The summed E-state index contributed by atoms with van der Waals surface area (Å²) in [6, 6.07) is 10.3. The molecule has 1 atom stereocenters. The number of carbonyl (C=O) groups excluding carboxylic acids is 2. The number of likely N-dealkylation sites (N-methyl/N-ethyl adjacent to an activating group) is 1. The van der Waals surface area contributed by atoms with E-state index in [0.717, 1.165) is 24.3 Å². The van der Waals surface area contributed by atoms with E-state index in [2.05, 4.69) is 0 Å². The highest BCUT2D eigenvalue weighted by molar-refractivity contribution is 5.95. The third-order valence-corrected chi connectivity index (χ3v) is 5.03. The van der Waals surface area contributed by atoms with Gasteiger partial charge in [-0.2, -0.15) is 18.4 Å². The number of nitrogens with zero attached hydrogens (tertiary/aromatic N) is 2. The van der Waals surface area contributed by atoms with Crippen molar-refractivity contribution < 1.29 is 27.5 Å². The van der Waals surface area contributed by atoms with Crippen LogP contribution in [0, 0.1) is 11.3 Å². The number of nitrogens with two attached hydrogens (primary N) is 1. The molecule has 2 aromatic rings. The average molecular weight is 403 g/mol. The summed E-state index contributed by atoms with van der Waals surface area (Å²) in [7, 11) is 1.44. The van der Waals surface area contributed by atoms with Crippen LogP contribution < -0.4 is 10.5 Å². The predicted octanol–water partition coefficient (Wildman–Crippen LogP) is 3.30. The number of carbonyl (C=O) groups is 2. The van der Waals surface area contributed by atoms with Gasteiger partial charge in [-0.15, -0.1) is 0 Å². The zero-order valence-electron chi connectivity index (χ0n) is 15.3.